The van der Waals surface area contributed by atoms with Gasteiger partial charge in [-0.25, -0.2) is 0 Å². The molecule has 0 aliphatic heterocycles. The summed E-state index contributed by atoms with van der Waals surface area (Å²) >= 11 is 0. The zero-order valence-corrected chi connectivity index (χ0v) is 15.9. The molecule has 1 rings (SSSR count). The van der Waals surface area contributed by atoms with Crippen molar-refractivity contribution in [2.75, 3.05) is 0 Å². The molecule has 0 aliphatic carbocycles. The van der Waals surface area contributed by atoms with Gasteiger partial charge in [0, 0.05) is 0 Å². The van der Waals surface area contributed by atoms with Crippen LogP contribution in [0.15, 0.2) is 12.1 Å². The summed E-state index contributed by atoms with van der Waals surface area (Å²) in [4.78, 5) is 0. The van der Waals surface area contributed by atoms with Crippen LogP contribution in [0.3, 0.4) is 0 Å². The SMILES string of the molecule is Cc1c(CS(=O)(=O)F)cc([B-](F)(F)F)cc1OS(=O)(=O)F.[K+]. The summed E-state index contributed by atoms with van der Waals surface area (Å²) in [5, 5.41) is 0. The zero-order valence-electron chi connectivity index (χ0n) is 11.2. The monoisotopic (exact) mass is 392 g/mol. The molecule has 0 amide bonds. The van der Waals surface area contributed by atoms with E-state index in [1.165, 1.54) is 0 Å². The van der Waals surface area contributed by atoms with Crippen molar-refractivity contribution in [3.63, 3.8) is 0 Å². The van der Waals surface area contributed by atoms with Crippen molar-refractivity contribution in [3.05, 3.63) is 23.3 Å². The van der Waals surface area contributed by atoms with Crippen molar-refractivity contribution in [2.24, 2.45) is 0 Å². The van der Waals surface area contributed by atoms with Gasteiger partial charge in [0.15, 0.2) is 0 Å². The van der Waals surface area contributed by atoms with Crippen molar-refractivity contribution in [1.29, 1.82) is 0 Å². The summed E-state index contributed by atoms with van der Waals surface area (Å²) in [6.07, 6.45) is 0. The molecule has 0 radical (unpaired) electrons. The molecule has 0 heterocycles. The minimum absolute atomic E-state index is 0. The van der Waals surface area contributed by atoms with Gasteiger partial charge >= 0.3 is 79.1 Å². The maximum atomic E-state index is 12.7. The Labute approximate surface area is 166 Å². The first-order valence-electron chi connectivity index (χ1n) is 5.09. The van der Waals surface area contributed by atoms with Crippen molar-refractivity contribution in [2.45, 2.75) is 12.7 Å². The summed E-state index contributed by atoms with van der Waals surface area (Å²) in [6, 6.07) is 0.533. The molecule has 1 aromatic rings. The van der Waals surface area contributed by atoms with Crippen molar-refractivity contribution in [3.8, 4) is 5.75 Å². The molecule has 22 heavy (non-hydrogen) atoms. The number of hydrogen-bond acceptors (Lipinski definition) is 5. The Balaban J connectivity index is 0.00000441. The van der Waals surface area contributed by atoms with Gasteiger partial charge in [-0.05, 0) is 24.1 Å². The van der Waals surface area contributed by atoms with E-state index in [-0.39, 0.29) is 57.5 Å². The van der Waals surface area contributed by atoms with Crippen LogP contribution in [0, 0.1) is 6.92 Å². The van der Waals surface area contributed by atoms with Crippen molar-refractivity contribution < 1.29 is 93.1 Å². The van der Waals surface area contributed by atoms with Gasteiger partial charge in [-0.1, -0.05) is 9.95 Å². The Bertz CT molecular complexity index is 707. The van der Waals surface area contributed by atoms with Crippen molar-refractivity contribution >= 4 is 33.2 Å². The summed E-state index contributed by atoms with van der Waals surface area (Å²) in [7, 11) is -10.8. The van der Waals surface area contributed by atoms with E-state index in [9.17, 15) is 37.6 Å². The van der Waals surface area contributed by atoms with Crippen LogP contribution in [0.25, 0.3) is 0 Å². The maximum Gasteiger partial charge on any atom is 1.00 e. The summed E-state index contributed by atoms with van der Waals surface area (Å²) < 4.78 is 109. The maximum absolute atomic E-state index is 12.7. The Kier molecular flexibility index (Phi) is 7.53. The quantitative estimate of drug-likeness (QED) is 0.345. The number of rotatable bonds is 5. The molecular weight excluding hydrogens is 385 g/mol. The number of benzene rings is 1. The van der Waals surface area contributed by atoms with Crippen LogP contribution < -0.4 is 61.0 Å². The second-order valence-corrected chi connectivity index (χ2v) is 6.36. The van der Waals surface area contributed by atoms with Gasteiger partial charge in [0.05, 0.1) is 0 Å². The van der Waals surface area contributed by atoms with Gasteiger partial charge in [0.2, 0.25) is 0 Å². The van der Waals surface area contributed by atoms with E-state index in [1.54, 1.807) is 0 Å². The molecular formula is C8H7BF5KO5S2. The van der Waals surface area contributed by atoms with Crippen LogP contribution >= 0.6 is 0 Å². The summed E-state index contributed by atoms with van der Waals surface area (Å²) in [6.45, 7) is -4.70. The van der Waals surface area contributed by atoms with Crippen LogP contribution in [-0.4, -0.2) is 23.8 Å². The smallest absolute Gasteiger partial charge is 0.445 e. The Hall–Kier alpha value is 0.271. The minimum Gasteiger partial charge on any atom is -0.445 e. The molecule has 0 fully saturated rings. The van der Waals surface area contributed by atoms with Gasteiger partial charge in [0.1, 0.15) is 11.5 Å². The normalized spacial score (nSPS) is 12.6. The van der Waals surface area contributed by atoms with Crippen LogP contribution in [0.5, 0.6) is 5.75 Å². The van der Waals surface area contributed by atoms with E-state index >= 15 is 0 Å². The van der Waals surface area contributed by atoms with Gasteiger partial charge in [-0.3, -0.25) is 0 Å². The van der Waals surface area contributed by atoms with Gasteiger partial charge in [-0.15, -0.1) is 9.35 Å². The van der Waals surface area contributed by atoms with E-state index in [2.05, 4.69) is 4.18 Å². The molecule has 120 valence electrons. The third kappa shape index (κ3) is 7.23. The van der Waals surface area contributed by atoms with Crippen LogP contribution in [0.2, 0.25) is 0 Å². The topological polar surface area (TPSA) is 77.5 Å². The predicted octanol–water partition coefficient (Wildman–Crippen LogP) is -1.55. The summed E-state index contributed by atoms with van der Waals surface area (Å²) in [5.74, 6) is -2.49. The minimum atomic E-state index is -5.67. The van der Waals surface area contributed by atoms with Gasteiger partial charge in [-0.2, -0.15) is 16.8 Å². The molecule has 14 heteroatoms. The standard InChI is InChI=1S/C8H7BF5O5S2.K/c1-5-6(4-20(13,15)16)2-7(9(10,11)12)3-8(5)19-21(14,17)18;/h2-3H,4H2,1H3;/q-1;+1. The number of hydrogen-bond donors (Lipinski definition) is 0. The van der Waals surface area contributed by atoms with E-state index < -0.39 is 55.8 Å². The second kappa shape index (κ2) is 7.44. The first-order valence-corrected chi connectivity index (χ1v) is 7.95. The molecule has 0 aromatic heterocycles. The summed E-state index contributed by atoms with van der Waals surface area (Å²) in [5.41, 5.74) is -2.58. The molecule has 0 bridgehead atoms. The third-order valence-corrected chi connectivity index (χ3v) is 3.42. The third-order valence-electron chi connectivity index (χ3n) is 2.39. The average molecular weight is 392 g/mol. The molecule has 1 aromatic carbocycles. The predicted molar refractivity (Wildman–Crippen MR) is 64.3 cm³/mol. The van der Waals surface area contributed by atoms with Gasteiger partial charge < -0.3 is 17.1 Å². The fourth-order valence-electron chi connectivity index (χ4n) is 1.49. The number of halogens is 5. The Morgan fingerprint density at radius 1 is 1.09 bits per heavy atom. The molecule has 0 saturated heterocycles. The van der Waals surface area contributed by atoms with E-state index in [1.807, 2.05) is 0 Å². The Morgan fingerprint density at radius 3 is 1.95 bits per heavy atom. The molecule has 0 aliphatic rings. The molecule has 0 N–H and O–H groups in total. The van der Waals surface area contributed by atoms with Crippen LogP contribution in [0.1, 0.15) is 11.1 Å². The van der Waals surface area contributed by atoms with E-state index in [0.29, 0.717) is 6.07 Å². The fourth-order valence-corrected chi connectivity index (χ4v) is 2.55. The first kappa shape index (κ1) is 22.3. The zero-order chi connectivity index (χ0) is 16.6. The molecule has 5 nitrogen and oxygen atoms in total. The second-order valence-electron chi connectivity index (χ2n) is 4.04. The molecule has 0 spiro atoms. The average Bonchev–Trinajstić information content (AvgIpc) is 2.18. The molecule has 0 atom stereocenters. The molecule has 0 unspecified atom stereocenters. The van der Waals surface area contributed by atoms with Crippen molar-refractivity contribution in [1.82, 2.24) is 0 Å². The van der Waals surface area contributed by atoms with Crippen LogP contribution in [0.4, 0.5) is 20.7 Å². The fraction of sp³-hybridized carbons (Fsp3) is 0.250. The van der Waals surface area contributed by atoms with Gasteiger partial charge in [0.25, 0.3) is 0 Å². The van der Waals surface area contributed by atoms with E-state index in [4.69, 9.17) is 0 Å². The van der Waals surface area contributed by atoms with E-state index in [0.717, 1.165) is 6.92 Å². The first-order chi connectivity index (χ1) is 9.19. The van der Waals surface area contributed by atoms with Crippen LogP contribution in [-0.2, 0) is 26.5 Å². The Morgan fingerprint density at radius 2 is 1.59 bits per heavy atom. The largest absolute Gasteiger partial charge is 1.00 e. The molecule has 0 saturated carbocycles.